The number of amides is 1. The van der Waals surface area contributed by atoms with Crippen molar-refractivity contribution in [2.75, 3.05) is 6.54 Å². The maximum Gasteiger partial charge on any atom is 0.251 e. The molecule has 1 fully saturated rings. The lowest BCUT2D eigenvalue weighted by Gasteiger charge is -2.16. The Labute approximate surface area is 126 Å². The highest BCUT2D eigenvalue weighted by Crippen LogP contribution is 2.47. The highest BCUT2D eigenvalue weighted by Gasteiger charge is 2.44. The molecule has 114 valence electrons. The van der Waals surface area contributed by atoms with E-state index in [9.17, 15) is 18.0 Å². The lowest BCUT2D eigenvalue weighted by atomic mass is 9.96. The fourth-order valence-corrected chi connectivity index (χ4v) is 2.51. The molecule has 0 aromatic heterocycles. The maximum absolute atomic E-state index is 13.1. The number of carbonyl (C=O) groups excluding carboxylic acids is 1. The standard InChI is InChI=1S/C17H14F3NO/c18-13-4-2-12(3-5-13)17(7-8-17)10-21-16(22)11-1-6-14(19)15(20)9-11/h1-6,9H,7-8,10H2,(H,21,22). The van der Waals surface area contributed by atoms with Crippen LogP contribution in [0, 0.1) is 17.5 Å². The monoisotopic (exact) mass is 305 g/mol. The molecule has 2 aromatic rings. The summed E-state index contributed by atoms with van der Waals surface area (Å²) in [5.41, 5.74) is 0.871. The minimum Gasteiger partial charge on any atom is -0.351 e. The van der Waals surface area contributed by atoms with Crippen molar-refractivity contribution < 1.29 is 18.0 Å². The van der Waals surface area contributed by atoms with Gasteiger partial charge in [-0.3, -0.25) is 4.79 Å². The van der Waals surface area contributed by atoms with Crippen molar-refractivity contribution in [3.8, 4) is 0 Å². The molecular weight excluding hydrogens is 291 g/mol. The molecule has 1 aliphatic rings. The van der Waals surface area contributed by atoms with Gasteiger partial charge in [0.1, 0.15) is 5.82 Å². The Kier molecular flexibility index (Phi) is 3.64. The number of hydrogen-bond donors (Lipinski definition) is 1. The van der Waals surface area contributed by atoms with Gasteiger partial charge in [0.2, 0.25) is 0 Å². The first kappa shape index (κ1) is 14.6. The number of benzene rings is 2. The summed E-state index contributed by atoms with van der Waals surface area (Å²) in [5.74, 6) is -2.79. The summed E-state index contributed by atoms with van der Waals surface area (Å²) >= 11 is 0. The molecule has 22 heavy (non-hydrogen) atoms. The highest BCUT2D eigenvalue weighted by molar-refractivity contribution is 5.94. The van der Waals surface area contributed by atoms with Crippen LogP contribution in [0.25, 0.3) is 0 Å². The fraction of sp³-hybridized carbons (Fsp3) is 0.235. The Balaban J connectivity index is 1.68. The van der Waals surface area contributed by atoms with Crippen molar-refractivity contribution in [2.45, 2.75) is 18.3 Å². The molecule has 0 aliphatic heterocycles. The van der Waals surface area contributed by atoms with E-state index in [1.54, 1.807) is 12.1 Å². The molecule has 0 spiro atoms. The Morgan fingerprint density at radius 2 is 1.68 bits per heavy atom. The molecule has 0 radical (unpaired) electrons. The van der Waals surface area contributed by atoms with Crippen LogP contribution in [0.15, 0.2) is 42.5 Å². The molecule has 1 N–H and O–H groups in total. The van der Waals surface area contributed by atoms with Gasteiger partial charge in [-0.2, -0.15) is 0 Å². The van der Waals surface area contributed by atoms with E-state index in [4.69, 9.17) is 0 Å². The van der Waals surface area contributed by atoms with Gasteiger partial charge in [0.05, 0.1) is 0 Å². The average molecular weight is 305 g/mol. The lowest BCUT2D eigenvalue weighted by molar-refractivity contribution is 0.0949. The van der Waals surface area contributed by atoms with Gasteiger partial charge in [-0.15, -0.1) is 0 Å². The number of nitrogens with one attached hydrogen (secondary N) is 1. The lowest BCUT2D eigenvalue weighted by Crippen LogP contribution is -2.32. The molecule has 0 heterocycles. The summed E-state index contributed by atoms with van der Waals surface area (Å²) < 4.78 is 39.0. The fourth-order valence-electron chi connectivity index (χ4n) is 2.51. The average Bonchev–Trinajstić information content (AvgIpc) is 3.29. The number of carbonyl (C=O) groups is 1. The molecule has 5 heteroatoms. The zero-order valence-corrected chi connectivity index (χ0v) is 11.7. The highest BCUT2D eigenvalue weighted by atomic mass is 19.2. The first-order valence-corrected chi connectivity index (χ1v) is 6.99. The first-order valence-electron chi connectivity index (χ1n) is 6.99. The van der Waals surface area contributed by atoms with Crippen LogP contribution in [0.4, 0.5) is 13.2 Å². The van der Waals surface area contributed by atoms with Gasteiger partial charge >= 0.3 is 0 Å². The van der Waals surface area contributed by atoms with E-state index in [1.807, 2.05) is 0 Å². The Morgan fingerprint density at radius 1 is 1.00 bits per heavy atom. The minimum absolute atomic E-state index is 0.0776. The molecule has 0 atom stereocenters. The summed E-state index contributed by atoms with van der Waals surface area (Å²) in [6.07, 6.45) is 1.80. The van der Waals surface area contributed by atoms with Crippen LogP contribution >= 0.6 is 0 Å². The van der Waals surface area contributed by atoms with Gasteiger partial charge in [0.25, 0.3) is 5.91 Å². The Bertz CT molecular complexity index is 708. The van der Waals surface area contributed by atoms with Crippen molar-refractivity contribution in [1.82, 2.24) is 5.32 Å². The maximum atomic E-state index is 13.1. The Morgan fingerprint density at radius 3 is 2.27 bits per heavy atom. The summed E-state index contributed by atoms with van der Waals surface area (Å²) in [6.45, 7) is 0.385. The number of halogens is 3. The van der Waals surface area contributed by atoms with Gasteiger partial charge < -0.3 is 5.32 Å². The second-order valence-corrected chi connectivity index (χ2v) is 5.60. The van der Waals surface area contributed by atoms with E-state index in [1.165, 1.54) is 18.2 Å². The van der Waals surface area contributed by atoms with Crippen molar-refractivity contribution in [1.29, 1.82) is 0 Å². The van der Waals surface area contributed by atoms with E-state index in [-0.39, 0.29) is 16.8 Å². The topological polar surface area (TPSA) is 29.1 Å². The summed E-state index contributed by atoms with van der Waals surface area (Å²) in [7, 11) is 0. The smallest absolute Gasteiger partial charge is 0.251 e. The van der Waals surface area contributed by atoms with Crippen molar-refractivity contribution in [3.05, 3.63) is 71.0 Å². The molecule has 0 saturated heterocycles. The first-order chi connectivity index (χ1) is 10.5. The third kappa shape index (κ3) is 2.84. The Hall–Kier alpha value is -2.30. The second kappa shape index (κ2) is 5.48. The molecule has 1 aliphatic carbocycles. The molecule has 2 aromatic carbocycles. The SMILES string of the molecule is O=C(NCC1(c2ccc(F)cc2)CC1)c1ccc(F)c(F)c1. The van der Waals surface area contributed by atoms with Crippen LogP contribution in [-0.4, -0.2) is 12.5 Å². The number of rotatable bonds is 4. The summed E-state index contributed by atoms with van der Waals surface area (Å²) in [5, 5.41) is 2.74. The van der Waals surface area contributed by atoms with E-state index in [2.05, 4.69) is 5.32 Å². The molecule has 0 unspecified atom stereocenters. The predicted octanol–water partition coefficient (Wildman–Crippen LogP) is 3.57. The largest absolute Gasteiger partial charge is 0.351 e. The summed E-state index contributed by atoms with van der Waals surface area (Å²) in [4.78, 5) is 12.0. The molecule has 0 bridgehead atoms. The zero-order chi connectivity index (χ0) is 15.7. The molecule has 3 rings (SSSR count). The van der Waals surface area contributed by atoms with Crippen molar-refractivity contribution in [3.63, 3.8) is 0 Å². The predicted molar refractivity (Wildman–Crippen MR) is 76.0 cm³/mol. The normalized spacial score (nSPS) is 15.4. The van der Waals surface area contributed by atoms with Crippen LogP contribution in [0.5, 0.6) is 0 Å². The van der Waals surface area contributed by atoms with Crippen LogP contribution in [0.1, 0.15) is 28.8 Å². The number of hydrogen-bond acceptors (Lipinski definition) is 1. The van der Waals surface area contributed by atoms with Gasteiger partial charge in [-0.25, -0.2) is 13.2 Å². The van der Waals surface area contributed by atoms with Crippen LogP contribution in [0.2, 0.25) is 0 Å². The van der Waals surface area contributed by atoms with Crippen molar-refractivity contribution in [2.24, 2.45) is 0 Å². The van der Waals surface area contributed by atoms with Crippen LogP contribution in [-0.2, 0) is 5.41 Å². The van der Waals surface area contributed by atoms with E-state index in [0.717, 1.165) is 30.5 Å². The quantitative estimate of drug-likeness (QED) is 0.919. The molecule has 2 nitrogen and oxygen atoms in total. The van der Waals surface area contributed by atoms with Gasteiger partial charge in [-0.05, 0) is 48.7 Å². The van der Waals surface area contributed by atoms with Gasteiger partial charge in [-0.1, -0.05) is 12.1 Å². The third-order valence-corrected chi connectivity index (χ3v) is 4.08. The van der Waals surface area contributed by atoms with Gasteiger partial charge in [0.15, 0.2) is 11.6 Å². The second-order valence-electron chi connectivity index (χ2n) is 5.60. The molecule has 1 amide bonds. The van der Waals surface area contributed by atoms with E-state index in [0.29, 0.717) is 6.54 Å². The van der Waals surface area contributed by atoms with Crippen LogP contribution in [0.3, 0.4) is 0 Å². The minimum atomic E-state index is -1.05. The molecule has 1 saturated carbocycles. The van der Waals surface area contributed by atoms with Crippen molar-refractivity contribution >= 4 is 5.91 Å². The third-order valence-electron chi connectivity index (χ3n) is 4.08. The summed E-state index contributed by atoms with van der Waals surface area (Å²) in [6, 6.07) is 9.27. The zero-order valence-electron chi connectivity index (χ0n) is 11.7. The van der Waals surface area contributed by atoms with Crippen LogP contribution < -0.4 is 5.32 Å². The van der Waals surface area contributed by atoms with E-state index < -0.39 is 17.5 Å². The van der Waals surface area contributed by atoms with E-state index >= 15 is 0 Å². The molecular formula is C17H14F3NO. The van der Waals surface area contributed by atoms with Gasteiger partial charge in [0, 0.05) is 17.5 Å².